The quantitative estimate of drug-likeness (QED) is 0.660. The first kappa shape index (κ1) is 14.4. The van der Waals surface area contributed by atoms with Crippen molar-refractivity contribution in [3.05, 3.63) is 46.0 Å². The Hall–Kier alpha value is -2.97. The molecule has 0 saturated heterocycles. The molecule has 1 aromatic heterocycles. The average Bonchev–Trinajstić information content (AvgIpc) is 2.83. The van der Waals surface area contributed by atoms with Crippen LogP contribution in [0.3, 0.4) is 0 Å². The number of rotatable bonds is 4. The van der Waals surface area contributed by atoms with E-state index in [1.54, 1.807) is 7.05 Å². The highest BCUT2D eigenvalue weighted by Gasteiger charge is 2.23. The molecule has 0 unspecified atom stereocenters. The summed E-state index contributed by atoms with van der Waals surface area (Å²) in [4.78, 5) is 22.3. The zero-order chi connectivity index (χ0) is 15.6. The van der Waals surface area contributed by atoms with Gasteiger partial charge in [0.15, 0.2) is 5.82 Å². The van der Waals surface area contributed by atoms with E-state index in [0.29, 0.717) is 11.8 Å². The van der Waals surface area contributed by atoms with Gasteiger partial charge in [-0.25, -0.2) is 4.39 Å². The number of amides is 1. The lowest BCUT2D eigenvalue weighted by atomic mass is 10.1. The van der Waals surface area contributed by atoms with Gasteiger partial charge in [-0.15, -0.1) is 0 Å². The Morgan fingerprint density at radius 1 is 1.48 bits per heavy atom. The van der Waals surface area contributed by atoms with E-state index in [4.69, 9.17) is 0 Å². The van der Waals surface area contributed by atoms with Gasteiger partial charge in [0.1, 0.15) is 5.56 Å². The van der Waals surface area contributed by atoms with Crippen LogP contribution in [-0.4, -0.2) is 27.7 Å². The zero-order valence-corrected chi connectivity index (χ0v) is 11.3. The van der Waals surface area contributed by atoms with Crippen molar-refractivity contribution in [2.24, 2.45) is 7.05 Å². The molecule has 1 amide bonds. The van der Waals surface area contributed by atoms with Crippen LogP contribution in [0.5, 0.6) is 0 Å². The van der Waals surface area contributed by atoms with Crippen molar-refractivity contribution >= 4 is 23.0 Å². The Labute approximate surface area is 118 Å². The van der Waals surface area contributed by atoms with Crippen molar-refractivity contribution in [1.29, 1.82) is 0 Å². The van der Waals surface area contributed by atoms with Crippen LogP contribution in [0.15, 0.2) is 24.5 Å². The van der Waals surface area contributed by atoms with E-state index in [0.717, 1.165) is 6.07 Å². The molecule has 2 N–H and O–H groups in total. The first-order valence-electron chi connectivity index (χ1n) is 5.88. The van der Waals surface area contributed by atoms with Gasteiger partial charge in [0, 0.05) is 20.3 Å². The second-order valence-electron chi connectivity index (χ2n) is 4.21. The molecule has 110 valence electrons. The number of carbonyl (C=O) groups is 1. The fraction of sp³-hybridized carbons (Fsp3) is 0.167. The molecule has 8 nitrogen and oxygen atoms in total. The third kappa shape index (κ3) is 2.96. The normalized spacial score (nSPS) is 10.2. The maximum absolute atomic E-state index is 13.6. The summed E-state index contributed by atoms with van der Waals surface area (Å²) < 4.78 is 15.0. The number of nitro benzene ring substituents is 1. The van der Waals surface area contributed by atoms with Crippen molar-refractivity contribution in [1.82, 2.24) is 9.78 Å². The molecule has 2 aromatic rings. The molecule has 0 spiro atoms. The van der Waals surface area contributed by atoms with E-state index in [2.05, 4.69) is 15.7 Å². The first-order valence-corrected chi connectivity index (χ1v) is 5.88. The molecule has 0 aliphatic heterocycles. The summed E-state index contributed by atoms with van der Waals surface area (Å²) in [5, 5.41) is 19.8. The van der Waals surface area contributed by atoms with Gasteiger partial charge in [-0.3, -0.25) is 19.6 Å². The third-order valence-corrected chi connectivity index (χ3v) is 2.76. The van der Waals surface area contributed by atoms with Crippen LogP contribution >= 0.6 is 0 Å². The number of hydrogen-bond donors (Lipinski definition) is 2. The Morgan fingerprint density at radius 2 is 2.19 bits per heavy atom. The molecule has 1 aromatic carbocycles. The minimum Gasteiger partial charge on any atom is -0.386 e. The topological polar surface area (TPSA) is 102 Å². The number of hydrogen-bond acceptors (Lipinski definition) is 5. The largest absolute Gasteiger partial charge is 0.386 e. The van der Waals surface area contributed by atoms with Crippen LogP contribution in [0.2, 0.25) is 0 Å². The Bertz CT molecular complexity index is 713. The molecular formula is C12H12FN5O3. The van der Waals surface area contributed by atoms with Gasteiger partial charge < -0.3 is 10.6 Å². The van der Waals surface area contributed by atoms with Crippen molar-refractivity contribution in [3.8, 4) is 0 Å². The summed E-state index contributed by atoms with van der Waals surface area (Å²) in [6.07, 6.45) is 2.93. The molecule has 0 saturated carbocycles. The minimum atomic E-state index is -0.805. The summed E-state index contributed by atoms with van der Waals surface area (Å²) >= 11 is 0. The Morgan fingerprint density at radius 3 is 2.71 bits per heavy atom. The predicted octanol–water partition coefficient (Wildman–Crippen LogP) is 1.76. The predicted molar refractivity (Wildman–Crippen MR) is 73.8 cm³/mol. The monoisotopic (exact) mass is 293 g/mol. The molecule has 0 bridgehead atoms. The second kappa shape index (κ2) is 5.57. The Kier molecular flexibility index (Phi) is 3.83. The van der Waals surface area contributed by atoms with E-state index in [-0.39, 0.29) is 11.3 Å². The number of aromatic nitrogens is 2. The molecule has 1 heterocycles. The van der Waals surface area contributed by atoms with Crippen LogP contribution in [0.4, 0.5) is 21.5 Å². The van der Waals surface area contributed by atoms with Crippen LogP contribution in [-0.2, 0) is 7.05 Å². The van der Waals surface area contributed by atoms with Gasteiger partial charge in [0.05, 0.1) is 28.6 Å². The molecule has 0 fully saturated rings. The van der Waals surface area contributed by atoms with Gasteiger partial charge >= 0.3 is 0 Å². The van der Waals surface area contributed by atoms with Crippen molar-refractivity contribution in [3.63, 3.8) is 0 Å². The smallest absolute Gasteiger partial charge is 0.285 e. The fourth-order valence-electron chi connectivity index (χ4n) is 1.77. The molecule has 0 aliphatic carbocycles. The van der Waals surface area contributed by atoms with Gasteiger partial charge in [-0.1, -0.05) is 0 Å². The fourth-order valence-corrected chi connectivity index (χ4v) is 1.77. The summed E-state index contributed by atoms with van der Waals surface area (Å²) in [6, 6.07) is 1.81. The van der Waals surface area contributed by atoms with Gasteiger partial charge in [0.2, 0.25) is 0 Å². The lowest BCUT2D eigenvalue weighted by Crippen LogP contribution is -2.14. The highest BCUT2D eigenvalue weighted by atomic mass is 19.1. The molecule has 0 aliphatic rings. The number of benzene rings is 1. The van der Waals surface area contributed by atoms with Crippen LogP contribution in [0.25, 0.3) is 0 Å². The number of halogens is 1. The molecule has 0 atom stereocenters. The zero-order valence-electron chi connectivity index (χ0n) is 11.3. The second-order valence-corrected chi connectivity index (χ2v) is 4.21. The van der Waals surface area contributed by atoms with Crippen molar-refractivity contribution in [2.45, 2.75) is 0 Å². The summed E-state index contributed by atoms with van der Waals surface area (Å²) in [5.41, 5.74) is -0.466. The van der Waals surface area contributed by atoms with E-state index < -0.39 is 22.3 Å². The number of nitrogens with zero attached hydrogens (tertiary/aromatic N) is 3. The Balaban J connectivity index is 2.40. The number of anilines is 2. The van der Waals surface area contributed by atoms with Gasteiger partial charge in [-0.2, -0.15) is 5.10 Å². The number of nitrogens with one attached hydrogen (secondary N) is 2. The number of nitro groups is 1. The van der Waals surface area contributed by atoms with E-state index in [1.807, 2.05) is 0 Å². The standard InChI is InChI=1S/C12H12FN5O3/c1-14-10-3-8(11(18(20)21)4-9(10)13)12(19)16-7-5-15-17(2)6-7/h3-6,14H,1-2H3,(H,16,19). The van der Waals surface area contributed by atoms with Crippen LogP contribution in [0, 0.1) is 15.9 Å². The first-order chi connectivity index (χ1) is 9.92. The summed E-state index contributed by atoms with van der Waals surface area (Å²) in [6.45, 7) is 0. The van der Waals surface area contributed by atoms with Gasteiger partial charge in [0.25, 0.3) is 11.6 Å². The lowest BCUT2D eigenvalue weighted by Gasteiger charge is -2.07. The number of aryl methyl sites for hydroxylation is 1. The molecule has 9 heteroatoms. The molecule has 21 heavy (non-hydrogen) atoms. The van der Waals surface area contributed by atoms with Crippen LogP contribution < -0.4 is 10.6 Å². The minimum absolute atomic E-state index is 0.00284. The van der Waals surface area contributed by atoms with Crippen molar-refractivity contribution in [2.75, 3.05) is 17.7 Å². The average molecular weight is 293 g/mol. The van der Waals surface area contributed by atoms with E-state index in [1.165, 1.54) is 24.1 Å². The van der Waals surface area contributed by atoms with Gasteiger partial charge in [-0.05, 0) is 6.07 Å². The highest BCUT2D eigenvalue weighted by Crippen LogP contribution is 2.26. The third-order valence-electron chi connectivity index (χ3n) is 2.76. The van der Waals surface area contributed by atoms with E-state index in [9.17, 15) is 19.3 Å². The number of carbonyl (C=O) groups excluding carboxylic acids is 1. The SMILES string of the molecule is CNc1cc(C(=O)Nc2cnn(C)c2)c([N+](=O)[O-])cc1F. The van der Waals surface area contributed by atoms with Crippen molar-refractivity contribution < 1.29 is 14.1 Å². The maximum atomic E-state index is 13.6. The van der Waals surface area contributed by atoms with Crippen LogP contribution in [0.1, 0.15) is 10.4 Å². The summed E-state index contributed by atoms with van der Waals surface area (Å²) in [5.74, 6) is -1.52. The maximum Gasteiger partial charge on any atom is 0.285 e. The highest BCUT2D eigenvalue weighted by molar-refractivity contribution is 6.07. The summed E-state index contributed by atoms with van der Waals surface area (Å²) in [7, 11) is 3.11. The molecule has 0 radical (unpaired) electrons. The molecular weight excluding hydrogens is 281 g/mol. The molecule has 2 rings (SSSR count). The van der Waals surface area contributed by atoms with E-state index >= 15 is 0 Å². The lowest BCUT2D eigenvalue weighted by molar-refractivity contribution is -0.385.